The van der Waals surface area contributed by atoms with E-state index in [1.54, 1.807) is 30.5 Å². The monoisotopic (exact) mass is 304 g/mol. The molecule has 0 fully saturated rings. The topological polar surface area (TPSA) is 48.1 Å². The number of fused-ring (bicyclic) bond motifs is 1. The fourth-order valence-corrected chi connectivity index (χ4v) is 2.20. The standard InChI is InChI=1S/C15H10Cl2N2O/c16-11-4-3-9(8-12(11)17)20-14-6-5-13-10(15(14)18)2-1-7-19-13/h1-8H,18H2. The Morgan fingerprint density at radius 2 is 1.85 bits per heavy atom. The van der Waals surface area contributed by atoms with Crippen molar-refractivity contribution in [2.75, 3.05) is 5.73 Å². The number of ether oxygens (including phenoxy) is 1. The van der Waals surface area contributed by atoms with Crippen LogP contribution in [0.3, 0.4) is 0 Å². The molecule has 100 valence electrons. The summed E-state index contributed by atoms with van der Waals surface area (Å²) < 4.78 is 5.76. The highest BCUT2D eigenvalue weighted by molar-refractivity contribution is 6.42. The van der Waals surface area contributed by atoms with Crippen molar-refractivity contribution in [2.45, 2.75) is 0 Å². The molecule has 2 aromatic carbocycles. The van der Waals surface area contributed by atoms with Crippen molar-refractivity contribution in [3.8, 4) is 11.5 Å². The first-order valence-electron chi connectivity index (χ1n) is 5.91. The summed E-state index contributed by atoms with van der Waals surface area (Å²) in [6.07, 6.45) is 1.72. The molecule has 0 amide bonds. The van der Waals surface area contributed by atoms with Crippen molar-refractivity contribution in [3.05, 3.63) is 58.7 Å². The van der Waals surface area contributed by atoms with Crippen molar-refractivity contribution in [1.29, 1.82) is 0 Å². The molecule has 2 N–H and O–H groups in total. The molecule has 5 heteroatoms. The van der Waals surface area contributed by atoms with Crippen molar-refractivity contribution in [2.24, 2.45) is 0 Å². The molecule has 0 saturated carbocycles. The number of rotatable bonds is 2. The number of nitrogens with zero attached hydrogens (tertiary/aromatic N) is 1. The summed E-state index contributed by atoms with van der Waals surface area (Å²) in [5.74, 6) is 1.14. The van der Waals surface area contributed by atoms with Crippen LogP contribution >= 0.6 is 23.2 Å². The van der Waals surface area contributed by atoms with Crippen molar-refractivity contribution < 1.29 is 4.74 Å². The van der Waals surface area contributed by atoms with Crippen LogP contribution in [-0.4, -0.2) is 4.98 Å². The lowest BCUT2D eigenvalue weighted by atomic mass is 10.1. The lowest BCUT2D eigenvalue weighted by molar-refractivity contribution is 0.486. The number of nitrogen functional groups attached to an aromatic ring is 1. The zero-order valence-corrected chi connectivity index (χ0v) is 11.8. The molecule has 0 aliphatic heterocycles. The van der Waals surface area contributed by atoms with Crippen LogP contribution in [0.4, 0.5) is 5.69 Å². The molecule has 0 unspecified atom stereocenters. The van der Waals surface area contributed by atoms with Gasteiger partial charge in [-0.05, 0) is 36.4 Å². The zero-order chi connectivity index (χ0) is 14.1. The van der Waals surface area contributed by atoms with Crippen LogP contribution < -0.4 is 10.5 Å². The molecule has 0 spiro atoms. The number of benzene rings is 2. The Morgan fingerprint density at radius 1 is 1.00 bits per heavy atom. The van der Waals surface area contributed by atoms with Gasteiger partial charge in [0.25, 0.3) is 0 Å². The molecule has 0 saturated heterocycles. The first kappa shape index (κ1) is 13.0. The second-order valence-corrected chi connectivity index (χ2v) is 5.04. The predicted molar refractivity (Wildman–Crippen MR) is 82.7 cm³/mol. The SMILES string of the molecule is Nc1c(Oc2ccc(Cl)c(Cl)c2)ccc2ncccc12. The normalized spacial score (nSPS) is 10.7. The maximum atomic E-state index is 6.11. The van der Waals surface area contributed by atoms with E-state index in [2.05, 4.69) is 4.98 Å². The minimum atomic E-state index is 0.435. The Labute approximate surface area is 125 Å². The van der Waals surface area contributed by atoms with E-state index in [0.717, 1.165) is 10.9 Å². The van der Waals surface area contributed by atoms with E-state index in [4.69, 9.17) is 33.7 Å². The highest BCUT2D eigenvalue weighted by Crippen LogP contribution is 2.35. The number of anilines is 1. The predicted octanol–water partition coefficient (Wildman–Crippen LogP) is 4.92. The van der Waals surface area contributed by atoms with Crippen LogP contribution in [0.5, 0.6) is 11.5 Å². The van der Waals surface area contributed by atoms with Gasteiger partial charge in [-0.25, -0.2) is 0 Å². The summed E-state index contributed by atoms with van der Waals surface area (Å²) in [5.41, 5.74) is 7.48. The second-order valence-electron chi connectivity index (χ2n) is 4.23. The highest BCUT2D eigenvalue weighted by Gasteiger charge is 2.08. The molecular weight excluding hydrogens is 295 g/mol. The van der Waals surface area contributed by atoms with Crippen LogP contribution in [-0.2, 0) is 0 Å². The number of hydrogen-bond acceptors (Lipinski definition) is 3. The van der Waals surface area contributed by atoms with Gasteiger partial charge in [0.2, 0.25) is 0 Å². The number of aromatic nitrogens is 1. The Morgan fingerprint density at radius 3 is 2.65 bits per heavy atom. The smallest absolute Gasteiger partial charge is 0.151 e. The lowest BCUT2D eigenvalue weighted by Crippen LogP contribution is -1.94. The third-order valence-corrected chi connectivity index (χ3v) is 3.64. The molecule has 3 aromatic rings. The van der Waals surface area contributed by atoms with Crippen molar-refractivity contribution in [1.82, 2.24) is 4.98 Å². The fraction of sp³-hybridized carbons (Fsp3) is 0. The van der Waals surface area contributed by atoms with E-state index in [0.29, 0.717) is 27.2 Å². The van der Waals surface area contributed by atoms with E-state index in [1.807, 2.05) is 18.2 Å². The Hall–Kier alpha value is -1.97. The number of pyridine rings is 1. The third-order valence-electron chi connectivity index (χ3n) is 2.91. The summed E-state index contributed by atoms with van der Waals surface area (Å²) >= 11 is 11.8. The maximum Gasteiger partial charge on any atom is 0.151 e. The molecule has 3 rings (SSSR count). The third kappa shape index (κ3) is 2.38. The van der Waals surface area contributed by atoms with Gasteiger partial charge in [0.1, 0.15) is 5.75 Å². The molecule has 1 aromatic heterocycles. The molecule has 20 heavy (non-hydrogen) atoms. The zero-order valence-electron chi connectivity index (χ0n) is 10.3. The molecule has 3 nitrogen and oxygen atoms in total. The first-order valence-corrected chi connectivity index (χ1v) is 6.67. The van der Waals surface area contributed by atoms with Crippen LogP contribution in [0, 0.1) is 0 Å². The molecular formula is C15H10Cl2N2O. The number of hydrogen-bond donors (Lipinski definition) is 1. The quantitative estimate of drug-likeness (QED) is 0.684. The summed E-state index contributed by atoms with van der Waals surface area (Å²) in [5, 5.41) is 1.77. The average Bonchev–Trinajstić information content (AvgIpc) is 2.46. The van der Waals surface area contributed by atoms with E-state index in [1.165, 1.54) is 0 Å². The Bertz CT molecular complexity index is 790. The summed E-state index contributed by atoms with van der Waals surface area (Å²) in [6, 6.07) is 12.4. The van der Waals surface area contributed by atoms with E-state index in [9.17, 15) is 0 Å². The molecule has 0 aliphatic rings. The number of halogens is 2. The van der Waals surface area contributed by atoms with Gasteiger partial charge in [-0.2, -0.15) is 0 Å². The van der Waals surface area contributed by atoms with Gasteiger partial charge in [0, 0.05) is 17.6 Å². The van der Waals surface area contributed by atoms with Gasteiger partial charge >= 0.3 is 0 Å². The van der Waals surface area contributed by atoms with E-state index >= 15 is 0 Å². The molecule has 0 radical (unpaired) electrons. The summed E-state index contributed by atoms with van der Waals surface area (Å²) in [7, 11) is 0. The van der Waals surface area contributed by atoms with E-state index in [-0.39, 0.29) is 0 Å². The molecule has 0 aliphatic carbocycles. The minimum absolute atomic E-state index is 0.435. The fourth-order valence-electron chi connectivity index (χ4n) is 1.91. The largest absolute Gasteiger partial charge is 0.455 e. The van der Waals surface area contributed by atoms with Gasteiger partial charge in [-0.15, -0.1) is 0 Å². The minimum Gasteiger partial charge on any atom is -0.455 e. The first-order chi connectivity index (χ1) is 9.65. The average molecular weight is 305 g/mol. The van der Waals surface area contributed by atoms with Crippen molar-refractivity contribution >= 4 is 39.8 Å². The van der Waals surface area contributed by atoms with Crippen molar-refractivity contribution in [3.63, 3.8) is 0 Å². The van der Waals surface area contributed by atoms with Crippen LogP contribution in [0.15, 0.2) is 48.7 Å². The van der Waals surface area contributed by atoms with Gasteiger partial charge < -0.3 is 10.5 Å². The van der Waals surface area contributed by atoms with Crippen LogP contribution in [0.2, 0.25) is 10.0 Å². The Balaban J connectivity index is 2.02. The molecule has 1 heterocycles. The molecule has 0 bridgehead atoms. The lowest BCUT2D eigenvalue weighted by Gasteiger charge is -2.11. The Kier molecular flexibility index (Phi) is 3.38. The summed E-state index contributed by atoms with van der Waals surface area (Å²) in [4.78, 5) is 4.24. The summed E-state index contributed by atoms with van der Waals surface area (Å²) in [6.45, 7) is 0. The van der Waals surface area contributed by atoms with Gasteiger partial charge in [-0.3, -0.25) is 4.98 Å². The van der Waals surface area contributed by atoms with Crippen LogP contribution in [0.1, 0.15) is 0 Å². The second kappa shape index (κ2) is 5.19. The maximum absolute atomic E-state index is 6.11. The van der Waals surface area contributed by atoms with Gasteiger partial charge in [0.05, 0.1) is 21.2 Å². The van der Waals surface area contributed by atoms with Gasteiger partial charge in [0.15, 0.2) is 5.75 Å². The van der Waals surface area contributed by atoms with Gasteiger partial charge in [-0.1, -0.05) is 23.2 Å². The molecule has 0 atom stereocenters. The number of nitrogens with two attached hydrogens (primary N) is 1. The van der Waals surface area contributed by atoms with Crippen LogP contribution in [0.25, 0.3) is 10.9 Å². The van der Waals surface area contributed by atoms with E-state index < -0.39 is 0 Å². The highest BCUT2D eigenvalue weighted by atomic mass is 35.5.